The summed E-state index contributed by atoms with van der Waals surface area (Å²) in [4.78, 5) is 26.5. The molecule has 0 radical (unpaired) electrons. The number of nitrogens with zero attached hydrogens (tertiary/aromatic N) is 4. The Balaban J connectivity index is 1.70. The fraction of sp³-hybridized carbons (Fsp3) is 0.238. The minimum atomic E-state index is -0.204. The highest BCUT2D eigenvalue weighted by molar-refractivity contribution is 6.05. The summed E-state index contributed by atoms with van der Waals surface area (Å²) in [6.45, 7) is 6.74. The average Bonchev–Trinajstić information content (AvgIpc) is 3.00. The molecule has 2 aromatic heterocycles. The summed E-state index contributed by atoms with van der Waals surface area (Å²) >= 11 is 0. The quantitative estimate of drug-likeness (QED) is 0.591. The fourth-order valence-electron chi connectivity index (χ4n) is 3.17. The van der Waals surface area contributed by atoms with Crippen LogP contribution in [0.25, 0.3) is 22.1 Å². The van der Waals surface area contributed by atoms with Gasteiger partial charge in [0.05, 0.1) is 33.5 Å². The van der Waals surface area contributed by atoms with Gasteiger partial charge in [-0.05, 0) is 50.6 Å². The first-order valence-corrected chi connectivity index (χ1v) is 9.08. The van der Waals surface area contributed by atoms with Crippen LogP contribution in [0.3, 0.4) is 0 Å². The number of para-hydroxylation sites is 2. The molecule has 0 aliphatic heterocycles. The van der Waals surface area contributed by atoms with E-state index in [0.29, 0.717) is 17.0 Å². The van der Waals surface area contributed by atoms with Crippen LogP contribution in [0.4, 0.5) is 5.95 Å². The van der Waals surface area contributed by atoms with Crippen molar-refractivity contribution in [2.45, 2.75) is 33.7 Å². The van der Waals surface area contributed by atoms with Crippen LogP contribution in [0, 0.1) is 13.8 Å². The minimum Gasteiger partial charge on any atom is -0.310 e. The Morgan fingerprint density at radius 3 is 2.48 bits per heavy atom. The summed E-state index contributed by atoms with van der Waals surface area (Å²) in [6, 6.07) is 13.3. The summed E-state index contributed by atoms with van der Waals surface area (Å²) in [7, 11) is 0. The molecule has 1 N–H and O–H groups in total. The molecule has 1 amide bonds. The third-order valence-electron chi connectivity index (χ3n) is 4.66. The first-order valence-electron chi connectivity index (χ1n) is 9.08. The molecule has 0 fully saturated rings. The molecule has 0 aliphatic carbocycles. The number of benzene rings is 2. The molecular formula is C21H21N5O. The second-order valence-electron chi connectivity index (χ2n) is 6.63. The van der Waals surface area contributed by atoms with Gasteiger partial charge in [-0.3, -0.25) is 10.1 Å². The molecule has 0 atom stereocenters. The van der Waals surface area contributed by atoms with E-state index in [9.17, 15) is 4.79 Å². The highest BCUT2D eigenvalue weighted by Gasteiger charge is 2.15. The maximum atomic E-state index is 12.8. The maximum absolute atomic E-state index is 12.8. The second-order valence-corrected chi connectivity index (χ2v) is 6.63. The van der Waals surface area contributed by atoms with Crippen molar-refractivity contribution in [3.63, 3.8) is 0 Å². The fourth-order valence-corrected chi connectivity index (χ4v) is 3.17. The normalized spacial score (nSPS) is 11.2. The van der Waals surface area contributed by atoms with Crippen LogP contribution in [-0.2, 0) is 6.54 Å². The van der Waals surface area contributed by atoms with Gasteiger partial charge in [0.1, 0.15) is 0 Å². The maximum Gasteiger partial charge on any atom is 0.258 e. The van der Waals surface area contributed by atoms with Gasteiger partial charge in [-0.25, -0.2) is 15.0 Å². The van der Waals surface area contributed by atoms with E-state index in [4.69, 9.17) is 0 Å². The molecule has 6 heteroatoms. The molecule has 0 saturated heterocycles. The molecule has 6 nitrogen and oxygen atoms in total. The predicted molar refractivity (Wildman–Crippen MR) is 107 cm³/mol. The van der Waals surface area contributed by atoms with Gasteiger partial charge in [0.15, 0.2) is 0 Å². The van der Waals surface area contributed by atoms with Gasteiger partial charge in [-0.15, -0.1) is 0 Å². The number of aromatic nitrogens is 4. The topological polar surface area (TPSA) is 72.7 Å². The zero-order chi connectivity index (χ0) is 19.0. The summed E-state index contributed by atoms with van der Waals surface area (Å²) in [5.41, 5.74) is 5.69. The van der Waals surface area contributed by atoms with Crippen LogP contribution in [0.1, 0.15) is 35.1 Å². The number of hydrogen-bond donors (Lipinski definition) is 1. The van der Waals surface area contributed by atoms with E-state index in [-0.39, 0.29) is 5.91 Å². The lowest BCUT2D eigenvalue weighted by Gasteiger charge is -2.09. The number of imidazole rings is 1. The summed E-state index contributed by atoms with van der Waals surface area (Å²) < 4.78 is 2.04. The van der Waals surface area contributed by atoms with Crippen molar-refractivity contribution >= 4 is 33.9 Å². The van der Waals surface area contributed by atoms with Gasteiger partial charge in [-0.2, -0.15) is 0 Å². The summed E-state index contributed by atoms with van der Waals surface area (Å²) in [6.07, 6.45) is 0.952. The van der Waals surface area contributed by atoms with Crippen molar-refractivity contribution in [1.29, 1.82) is 0 Å². The monoisotopic (exact) mass is 359 g/mol. The van der Waals surface area contributed by atoms with Crippen LogP contribution in [-0.4, -0.2) is 25.4 Å². The van der Waals surface area contributed by atoms with E-state index in [1.54, 1.807) is 12.1 Å². The molecule has 2 aromatic carbocycles. The van der Waals surface area contributed by atoms with E-state index in [0.717, 1.165) is 40.9 Å². The first kappa shape index (κ1) is 17.1. The first-order chi connectivity index (χ1) is 13.1. The molecule has 2 heterocycles. The number of fused-ring (bicyclic) bond motifs is 2. The molecule has 0 spiro atoms. The molecule has 4 rings (SSSR count). The van der Waals surface area contributed by atoms with Crippen LogP contribution >= 0.6 is 0 Å². The van der Waals surface area contributed by atoms with Gasteiger partial charge in [0.25, 0.3) is 5.91 Å². The molecule has 0 aliphatic rings. The number of carbonyl (C=O) groups is 1. The summed E-state index contributed by atoms with van der Waals surface area (Å²) in [5.74, 6) is 0.360. The van der Waals surface area contributed by atoms with Gasteiger partial charge in [0, 0.05) is 12.1 Å². The highest BCUT2D eigenvalue weighted by atomic mass is 16.1. The number of amides is 1. The molecular weight excluding hydrogens is 338 g/mol. The van der Waals surface area contributed by atoms with Crippen LogP contribution in [0.5, 0.6) is 0 Å². The molecule has 27 heavy (non-hydrogen) atoms. The van der Waals surface area contributed by atoms with Crippen molar-refractivity contribution in [2.75, 3.05) is 5.32 Å². The standard InChI is InChI=1S/C21H21N5O/c1-4-11-26-19-8-6-5-7-17(19)24-21(26)25-20(27)15-9-10-16-18(12-15)23-14(3)13(2)22-16/h5-10,12H,4,11H2,1-3H3,(H,24,25,27). The van der Waals surface area contributed by atoms with Crippen LogP contribution in [0.15, 0.2) is 42.5 Å². The number of anilines is 1. The Morgan fingerprint density at radius 1 is 0.963 bits per heavy atom. The number of carbonyl (C=O) groups excluding carboxylic acids is 1. The molecule has 136 valence electrons. The lowest BCUT2D eigenvalue weighted by Crippen LogP contribution is -2.16. The van der Waals surface area contributed by atoms with Crippen molar-refractivity contribution in [2.24, 2.45) is 0 Å². The van der Waals surface area contributed by atoms with E-state index < -0.39 is 0 Å². The molecule has 0 saturated carbocycles. The van der Waals surface area contributed by atoms with Gasteiger partial charge >= 0.3 is 0 Å². The highest BCUT2D eigenvalue weighted by Crippen LogP contribution is 2.21. The number of hydrogen-bond acceptors (Lipinski definition) is 4. The Hall–Kier alpha value is -3.28. The SMILES string of the molecule is CCCn1c(NC(=O)c2ccc3nc(C)c(C)nc3c2)nc2ccccc21. The lowest BCUT2D eigenvalue weighted by molar-refractivity contribution is 0.102. The van der Waals surface area contributed by atoms with E-state index in [1.807, 2.05) is 48.7 Å². The van der Waals surface area contributed by atoms with Gasteiger partial charge in [0.2, 0.25) is 5.95 Å². The van der Waals surface area contributed by atoms with Gasteiger partial charge in [-0.1, -0.05) is 19.1 Å². The zero-order valence-corrected chi connectivity index (χ0v) is 15.7. The van der Waals surface area contributed by atoms with Crippen molar-refractivity contribution < 1.29 is 4.79 Å². The predicted octanol–water partition coefficient (Wildman–Crippen LogP) is 4.26. The van der Waals surface area contributed by atoms with Crippen LogP contribution in [0.2, 0.25) is 0 Å². The van der Waals surface area contributed by atoms with Crippen molar-refractivity contribution in [1.82, 2.24) is 19.5 Å². The smallest absolute Gasteiger partial charge is 0.258 e. The molecule has 0 bridgehead atoms. The lowest BCUT2D eigenvalue weighted by atomic mass is 10.1. The Labute approximate surface area is 157 Å². The Morgan fingerprint density at radius 2 is 1.70 bits per heavy atom. The third kappa shape index (κ3) is 3.14. The minimum absolute atomic E-state index is 0.204. The number of nitrogens with one attached hydrogen (secondary N) is 1. The summed E-state index contributed by atoms with van der Waals surface area (Å²) in [5, 5.41) is 2.96. The van der Waals surface area contributed by atoms with Gasteiger partial charge < -0.3 is 4.57 Å². The largest absolute Gasteiger partial charge is 0.310 e. The Bertz CT molecular complexity index is 1160. The van der Waals surface area contributed by atoms with Crippen molar-refractivity contribution in [3.8, 4) is 0 Å². The average molecular weight is 359 g/mol. The second kappa shape index (κ2) is 6.79. The van der Waals surface area contributed by atoms with E-state index >= 15 is 0 Å². The Kier molecular flexibility index (Phi) is 4.32. The number of rotatable bonds is 4. The molecule has 0 unspecified atom stereocenters. The van der Waals surface area contributed by atoms with Crippen LogP contribution < -0.4 is 5.32 Å². The number of aryl methyl sites for hydroxylation is 3. The molecule has 4 aromatic rings. The van der Waals surface area contributed by atoms with Crippen molar-refractivity contribution in [3.05, 3.63) is 59.4 Å². The third-order valence-corrected chi connectivity index (χ3v) is 4.66. The van der Waals surface area contributed by atoms with E-state index in [1.165, 1.54) is 0 Å². The van der Waals surface area contributed by atoms with E-state index in [2.05, 4.69) is 27.2 Å². The zero-order valence-electron chi connectivity index (χ0n) is 15.7.